The fourth-order valence-corrected chi connectivity index (χ4v) is 3.66. The van der Waals surface area contributed by atoms with Gasteiger partial charge in [-0.1, -0.05) is 30.0 Å². The average Bonchev–Trinajstić information content (AvgIpc) is 2.36. The van der Waals surface area contributed by atoms with Crippen molar-refractivity contribution >= 4 is 32.9 Å². The highest BCUT2D eigenvalue weighted by molar-refractivity contribution is 8.01. The lowest BCUT2D eigenvalue weighted by atomic mass is 10.1. The second kappa shape index (κ2) is 4.90. The number of hydrogen-bond acceptors (Lipinski definition) is 4. The van der Waals surface area contributed by atoms with E-state index in [-0.39, 0.29) is 11.7 Å². The first-order chi connectivity index (χ1) is 8.47. The Balaban J connectivity index is 2.27. The molecule has 4 nitrogen and oxygen atoms in total. The summed E-state index contributed by atoms with van der Waals surface area (Å²) < 4.78 is 5.28. The second-order valence-electron chi connectivity index (χ2n) is 4.04. The molecule has 1 unspecified atom stereocenters. The van der Waals surface area contributed by atoms with E-state index < -0.39 is 10.9 Å². The van der Waals surface area contributed by atoms with E-state index >= 15 is 0 Å². The Morgan fingerprint density at radius 2 is 2.06 bits per heavy atom. The van der Waals surface area contributed by atoms with Crippen LogP contribution in [-0.4, -0.2) is 34.5 Å². The van der Waals surface area contributed by atoms with E-state index in [1.807, 2.05) is 30.3 Å². The Kier molecular flexibility index (Phi) is 3.64. The number of thioether (sulfide) groups is 1. The highest BCUT2D eigenvalue weighted by Crippen LogP contribution is 2.48. The highest BCUT2D eigenvalue weighted by atomic mass is 32.2. The molecule has 3 atom stereocenters. The maximum atomic E-state index is 12.0. The zero-order valence-electron chi connectivity index (χ0n) is 10.1. The minimum absolute atomic E-state index is 0.188. The molecular weight excluding hydrogens is 269 g/mol. The number of rotatable bonds is 3. The molecule has 18 heavy (non-hydrogen) atoms. The number of amides is 1. The molecule has 1 saturated heterocycles. The molecule has 0 radical (unpaired) electrons. The molecule has 1 fully saturated rings. The molecule has 0 bridgehead atoms. The summed E-state index contributed by atoms with van der Waals surface area (Å²) >= 11 is 1.27. The predicted molar refractivity (Wildman–Crippen MR) is 73.1 cm³/mol. The van der Waals surface area contributed by atoms with Crippen LogP contribution in [0.15, 0.2) is 35.2 Å². The maximum absolute atomic E-state index is 12.0. The molecule has 2 rings (SSSR count). The number of nitrogens with zero attached hydrogens (tertiary/aromatic N) is 1. The fourth-order valence-electron chi connectivity index (χ4n) is 1.79. The minimum Gasteiger partial charge on any atom is -0.435 e. The molecule has 0 N–H and O–H groups in total. The molecule has 0 aliphatic carbocycles. The summed E-state index contributed by atoms with van der Waals surface area (Å²) in [6, 6.07) is 9.44. The number of β-lactam (4-membered cyclic amide) rings is 1. The van der Waals surface area contributed by atoms with Crippen LogP contribution in [0.3, 0.4) is 0 Å². The lowest BCUT2D eigenvalue weighted by Gasteiger charge is -2.50. The monoisotopic (exact) mass is 283 g/mol. The molecule has 0 saturated carbocycles. The molecule has 1 aliphatic rings. The van der Waals surface area contributed by atoms with Gasteiger partial charge < -0.3 is 9.64 Å². The van der Waals surface area contributed by atoms with Gasteiger partial charge in [0.2, 0.25) is 0 Å². The van der Waals surface area contributed by atoms with E-state index in [0.29, 0.717) is 0 Å². The number of ether oxygens (including phenoxy) is 1. The fraction of sp³-hybridized carbons (Fsp3) is 0.333. The smallest absolute Gasteiger partial charge is 0.304 e. The van der Waals surface area contributed by atoms with Gasteiger partial charge in [0.15, 0.2) is 0 Å². The first-order valence-electron chi connectivity index (χ1n) is 5.44. The number of benzene rings is 1. The van der Waals surface area contributed by atoms with Crippen LogP contribution < -0.4 is 0 Å². The Morgan fingerprint density at radius 1 is 1.44 bits per heavy atom. The Bertz CT molecular complexity index is 481. The van der Waals surface area contributed by atoms with E-state index in [4.69, 9.17) is 4.74 Å². The van der Waals surface area contributed by atoms with Gasteiger partial charge in [0.05, 0.1) is 0 Å². The summed E-state index contributed by atoms with van der Waals surface area (Å²) in [4.78, 5) is 24.6. The van der Waals surface area contributed by atoms with Crippen LogP contribution in [0.1, 0.15) is 6.92 Å². The van der Waals surface area contributed by atoms with Crippen LogP contribution in [0.2, 0.25) is 0 Å². The molecule has 6 heteroatoms. The van der Waals surface area contributed by atoms with Crippen LogP contribution >= 0.6 is 21.0 Å². The van der Waals surface area contributed by atoms with Gasteiger partial charge in [-0.2, -0.15) is 0 Å². The zero-order valence-corrected chi connectivity index (χ0v) is 12.1. The summed E-state index contributed by atoms with van der Waals surface area (Å²) in [5.74, 6) is -0.863. The SMILES string of the molecule is CC(=O)O[C@@]1(Sc2ccccc2)C(=O)N(C)[C@H]1P. The predicted octanol–water partition coefficient (Wildman–Crippen LogP) is 1.71. The van der Waals surface area contributed by atoms with Crippen molar-refractivity contribution in [2.45, 2.75) is 22.5 Å². The third-order valence-electron chi connectivity index (χ3n) is 2.73. The van der Waals surface area contributed by atoms with Gasteiger partial charge in [-0.15, -0.1) is 9.24 Å². The lowest BCUT2D eigenvalue weighted by molar-refractivity contribution is -0.178. The summed E-state index contributed by atoms with van der Waals surface area (Å²) in [6.07, 6.45) is 0. The molecular formula is C12H14NO3PS. The molecule has 0 spiro atoms. The van der Waals surface area contributed by atoms with Gasteiger partial charge in [0, 0.05) is 18.9 Å². The average molecular weight is 283 g/mol. The van der Waals surface area contributed by atoms with Crippen LogP contribution in [-0.2, 0) is 14.3 Å². The van der Waals surface area contributed by atoms with Crippen molar-refractivity contribution in [2.24, 2.45) is 0 Å². The Labute approximate surface area is 112 Å². The van der Waals surface area contributed by atoms with Crippen LogP contribution in [0, 0.1) is 0 Å². The van der Waals surface area contributed by atoms with Crippen LogP contribution in [0.25, 0.3) is 0 Å². The number of carbonyl (C=O) groups is 2. The molecule has 1 heterocycles. The van der Waals surface area contributed by atoms with Gasteiger partial charge in [-0.05, 0) is 12.1 Å². The standard InChI is InChI=1S/C12H14NO3PS/c1-8(14)16-12(10(15)13(2)11(12)17)18-9-6-4-3-5-7-9/h3-7,11H,17H2,1-2H3/t11-,12+/m0/s1. The Morgan fingerprint density at radius 3 is 2.56 bits per heavy atom. The molecule has 1 amide bonds. The van der Waals surface area contributed by atoms with Crippen molar-refractivity contribution in [3.05, 3.63) is 30.3 Å². The number of likely N-dealkylation sites (N-methyl/N-ethyl adjacent to an activating group) is 1. The zero-order chi connectivity index (χ0) is 13.3. The van der Waals surface area contributed by atoms with Crippen molar-refractivity contribution < 1.29 is 14.3 Å². The summed E-state index contributed by atoms with van der Waals surface area (Å²) in [6.45, 7) is 1.32. The van der Waals surface area contributed by atoms with E-state index in [1.54, 1.807) is 11.9 Å². The second-order valence-corrected chi connectivity index (χ2v) is 5.95. The topological polar surface area (TPSA) is 46.6 Å². The number of likely N-dealkylation sites (tertiary alicyclic amines) is 1. The first-order valence-corrected chi connectivity index (χ1v) is 6.92. The number of carbonyl (C=O) groups excluding carboxylic acids is 2. The van der Waals surface area contributed by atoms with Gasteiger partial charge >= 0.3 is 5.97 Å². The molecule has 1 aromatic rings. The largest absolute Gasteiger partial charge is 0.435 e. The van der Waals surface area contributed by atoms with Crippen molar-refractivity contribution in [2.75, 3.05) is 7.05 Å². The summed E-state index contributed by atoms with van der Waals surface area (Å²) in [5, 5.41) is 0. The normalized spacial score (nSPS) is 26.7. The van der Waals surface area contributed by atoms with Gasteiger partial charge in [-0.25, -0.2) is 0 Å². The van der Waals surface area contributed by atoms with Crippen molar-refractivity contribution in [1.29, 1.82) is 0 Å². The van der Waals surface area contributed by atoms with E-state index in [0.717, 1.165) is 4.90 Å². The molecule has 1 aromatic carbocycles. The minimum atomic E-state index is -1.15. The van der Waals surface area contributed by atoms with E-state index in [2.05, 4.69) is 9.24 Å². The lowest BCUT2D eigenvalue weighted by Crippen LogP contribution is -2.69. The molecule has 1 aliphatic heterocycles. The maximum Gasteiger partial charge on any atom is 0.304 e. The first kappa shape index (κ1) is 13.4. The molecule has 96 valence electrons. The van der Waals surface area contributed by atoms with Crippen molar-refractivity contribution in [1.82, 2.24) is 4.90 Å². The summed E-state index contributed by atoms with van der Waals surface area (Å²) in [7, 11) is 4.23. The van der Waals surface area contributed by atoms with Crippen LogP contribution in [0.4, 0.5) is 0 Å². The number of esters is 1. The third-order valence-corrected chi connectivity index (χ3v) is 5.20. The number of hydrogen-bond donors (Lipinski definition) is 0. The molecule has 0 aromatic heterocycles. The van der Waals surface area contributed by atoms with Crippen molar-refractivity contribution in [3.8, 4) is 0 Å². The van der Waals surface area contributed by atoms with E-state index in [1.165, 1.54) is 18.7 Å². The van der Waals surface area contributed by atoms with E-state index in [9.17, 15) is 9.59 Å². The quantitative estimate of drug-likeness (QED) is 0.367. The highest BCUT2D eigenvalue weighted by Gasteiger charge is 2.61. The van der Waals surface area contributed by atoms with Crippen LogP contribution in [0.5, 0.6) is 0 Å². The van der Waals surface area contributed by atoms with Gasteiger partial charge in [0.1, 0.15) is 5.78 Å². The third kappa shape index (κ3) is 2.13. The van der Waals surface area contributed by atoms with Gasteiger partial charge in [-0.3, -0.25) is 9.59 Å². The Hall–Kier alpha value is -1.06. The summed E-state index contributed by atoms with van der Waals surface area (Å²) in [5.41, 5.74) is 0. The van der Waals surface area contributed by atoms with Crippen molar-refractivity contribution in [3.63, 3.8) is 0 Å². The van der Waals surface area contributed by atoms with Gasteiger partial charge in [0.25, 0.3) is 10.8 Å².